The first kappa shape index (κ1) is 10.0. The first-order valence-electron chi connectivity index (χ1n) is 4.92. The number of nitrogens with zero attached hydrogens (tertiary/aromatic N) is 1. The summed E-state index contributed by atoms with van der Waals surface area (Å²) in [5.74, 6) is 0.466. The van der Waals surface area contributed by atoms with E-state index in [2.05, 4.69) is 11.8 Å². The third-order valence-electron chi connectivity index (χ3n) is 3.00. The highest BCUT2D eigenvalue weighted by atomic mass is 16.3. The smallest absolute Gasteiger partial charge is 0.0799 e. The van der Waals surface area contributed by atoms with Gasteiger partial charge in [0.05, 0.1) is 5.60 Å². The molecule has 2 unspecified atom stereocenters. The van der Waals surface area contributed by atoms with Crippen LogP contribution in [0.2, 0.25) is 0 Å². The number of hydrogen-bond acceptors (Lipinski definition) is 2. The lowest BCUT2D eigenvalue weighted by Crippen LogP contribution is -2.47. The molecule has 2 atom stereocenters. The van der Waals surface area contributed by atoms with Crippen molar-refractivity contribution in [2.75, 3.05) is 20.6 Å². The van der Waals surface area contributed by atoms with Crippen LogP contribution in [-0.2, 0) is 0 Å². The molecule has 0 aliphatic heterocycles. The second-order valence-electron chi connectivity index (χ2n) is 4.49. The van der Waals surface area contributed by atoms with Gasteiger partial charge in [-0.1, -0.05) is 19.8 Å². The van der Waals surface area contributed by atoms with Crippen molar-refractivity contribution in [1.29, 1.82) is 0 Å². The Labute approximate surface area is 75.6 Å². The van der Waals surface area contributed by atoms with Crippen LogP contribution in [0.5, 0.6) is 0 Å². The number of aliphatic hydroxyl groups is 1. The molecule has 0 spiro atoms. The van der Waals surface area contributed by atoms with Crippen LogP contribution in [0, 0.1) is 5.92 Å². The summed E-state index contributed by atoms with van der Waals surface area (Å²) in [6.07, 6.45) is 4.64. The highest BCUT2D eigenvalue weighted by Crippen LogP contribution is 2.33. The molecule has 1 rings (SSSR count). The van der Waals surface area contributed by atoms with E-state index in [4.69, 9.17) is 0 Å². The van der Waals surface area contributed by atoms with Crippen LogP contribution in [0.3, 0.4) is 0 Å². The first-order chi connectivity index (χ1) is 5.54. The first-order valence-corrected chi connectivity index (χ1v) is 4.92. The molecule has 0 aromatic carbocycles. The van der Waals surface area contributed by atoms with Gasteiger partial charge >= 0.3 is 0 Å². The largest absolute Gasteiger partial charge is 0.388 e. The van der Waals surface area contributed by atoms with Gasteiger partial charge in [-0.25, -0.2) is 0 Å². The second-order valence-corrected chi connectivity index (χ2v) is 4.49. The van der Waals surface area contributed by atoms with E-state index in [0.717, 1.165) is 13.0 Å². The van der Waals surface area contributed by atoms with Crippen molar-refractivity contribution in [3.05, 3.63) is 0 Å². The summed E-state index contributed by atoms with van der Waals surface area (Å²) >= 11 is 0. The van der Waals surface area contributed by atoms with Crippen molar-refractivity contribution in [3.63, 3.8) is 0 Å². The average Bonchev–Trinajstić information content (AvgIpc) is 1.94. The molecular weight excluding hydrogens is 150 g/mol. The fraction of sp³-hybridized carbons (Fsp3) is 1.00. The van der Waals surface area contributed by atoms with Gasteiger partial charge in [0.25, 0.3) is 0 Å². The maximum Gasteiger partial charge on any atom is 0.0799 e. The van der Waals surface area contributed by atoms with Gasteiger partial charge in [0.1, 0.15) is 0 Å². The molecule has 0 aromatic heterocycles. The quantitative estimate of drug-likeness (QED) is 0.680. The molecule has 0 radical (unpaired) electrons. The van der Waals surface area contributed by atoms with Crippen LogP contribution >= 0.6 is 0 Å². The lowest BCUT2D eigenvalue weighted by molar-refractivity contribution is -0.0571. The normalized spacial score (nSPS) is 37.2. The minimum Gasteiger partial charge on any atom is -0.388 e. The Morgan fingerprint density at radius 1 is 1.42 bits per heavy atom. The molecule has 12 heavy (non-hydrogen) atoms. The predicted molar refractivity (Wildman–Crippen MR) is 51.1 cm³/mol. The Morgan fingerprint density at radius 2 is 2.08 bits per heavy atom. The third kappa shape index (κ3) is 2.20. The minimum atomic E-state index is -0.415. The molecule has 72 valence electrons. The van der Waals surface area contributed by atoms with Gasteiger partial charge in [-0.05, 0) is 32.9 Å². The third-order valence-corrected chi connectivity index (χ3v) is 3.00. The van der Waals surface area contributed by atoms with Crippen molar-refractivity contribution in [2.45, 2.75) is 38.2 Å². The van der Waals surface area contributed by atoms with Crippen molar-refractivity contribution in [2.24, 2.45) is 5.92 Å². The lowest BCUT2D eigenvalue weighted by Gasteiger charge is -2.39. The van der Waals surface area contributed by atoms with E-state index in [-0.39, 0.29) is 0 Å². The van der Waals surface area contributed by atoms with Gasteiger partial charge in [0.15, 0.2) is 0 Å². The van der Waals surface area contributed by atoms with E-state index in [1.807, 2.05) is 14.1 Å². The zero-order chi connectivity index (χ0) is 9.19. The SMILES string of the molecule is CC1CCCCC1(O)CN(C)C. The number of likely N-dealkylation sites (N-methyl/N-ethyl adjacent to an activating group) is 1. The van der Waals surface area contributed by atoms with E-state index in [0.29, 0.717) is 5.92 Å². The standard InChI is InChI=1S/C10H21NO/c1-9-6-4-5-7-10(9,12)8-11(2)3/h9,12H,4-8H2,1-3H3. The van der Waals surface area contributed by atoms with Gasteiger partial charge in [-0.15, -0.1) is 0 Å². The summed E-state index contributed by atoms with van der Waals surface area (Å²) in [6.45, 7) is 2.98. The molecule has 2 heteroatoms. The monoisotopic (exact) mass is 171 g/mol. The molecule has 0 aromatic rings. The average molecular weight is 171 g/mol. The second kappa shape index (κ2) is 3.75. The Kier molecular flexibility index (Phi) is 3.13. The van der Waals surface area contributed by atoms with E-state index in [9.17, 15) is 5.11 Å². The Hall–Kier alpha value is -0.0800. The highest BCUT2D eigenvalue weighted by molar-refractivity contribution is 4.89. The van der Waals surface area contributed by atoms with E-state index < -0.39 is 5.60 Å². The minimum absolute atomic E-state index is 0.415. The molecule has 1 aliphatic carbocycles. The van der Waals surface area contributed by atoms with Crippen LogP contribution in [0.4, 0.5) is 0 Å². The Morgan fingerprint density at radius 3 is 2.58 bits per heavy atom. The van der Waals surface area contributed by atoms with Gasteiger partial charge in [0.2, 0.25) is 0 Å². The molecule has 0 heterocycles. The number of hydrogen-bond donors (Lipinski definition) is 1. The maximum absolute atomic E-state index is 10.3. The zero-order valence-corrected chi connectivity index (χ0v) is 8.51. The molecule has 1 saturated carbocycles. The van der Waals surface area contributed by atoms with Crippen molar-refractivity contribution in [3.8, 4) is 0 Å². The fourth-order valence-corrected chi connectivity index (χ4v) is 2.18. The molecule has 1 fully saturated rings. The summed E-state index contributed by atoms with van der Waals surface area (Å²) in [5.41, 5.74) is -0.415. The summed E-state index contributed by atoms with van der Waals surface area (Å²) in [4.78, 5) is 2.09. The molecule has 1 N–H and O–H groups in total. The van der Waals surface area contributed by atoms with E-state index >= 15 is 0 Å². The van der Waals surface area contributed by atoms with Crippen LogP contribution in [-0.4, -0.2) is 36.2 Å². The topological polar surface area (TPSA) is 23.5 Å². The zero-order valence-electron chi connectivity index (χ0n) is 8.51. The van der Waals surface area contributed by atoms with Gasteiger partial charge in [-0.3, -0.25) is 0 Å². The van der Waals surface area contributed by atoms with Crippen LogP contribution < -0.4 is 0 Å². The van der Waals surface area contributed by atoms with E-state index in [1.165, 1.54) is 19.3 Å². The van der Waals surface area contributed by atoms with Gasteiger partial charge in [0, 0.05) is 6.54 Å². The van der Waals surface area contributed by atoms with Crippen LogP contribution in [0.25, 0.3) is 0 Å². The van der Waals surface area contributed by atoms with Crippen molar-refractivity contribution in [1.82, 2.24) is 4.90 Å². The lowest BCUT2D eigenvalue weighted by atomic mass is 9.76. The molecular formula is C10H21NO. The summed E-state index contributed by atoms with van der Waals surface area (Å²) in [7, 11) is 4.05. The summed E-state index contributed by atoms with van der Waals surface area (Å²) in [5, 5.41) is 10.3. The van der Waals surface area contributed by atoms with Gasteiger partial charge in [-0.2, -0.15) is 0 Å². The van der Waals surface area contributed by atoms with Crippen LogP contribution in [0.15, 0.2) is 0 Å². The molecule has 0 amide bonds. The van der Waals surface area contributed by atoms with Crippen molar-refractivity contribution >= 4 is 0 Å². The van der Waals surface area contributed by atoms with Crippen LogP contribution in [0.1, 0.15) is 32.6 Å². The highest BCUT2D eigenvalue weighted by Gasteiger charge is 2.35. The molecule has 0 bridgehead atoms. The fourth-order valence-electron chi connectivity index (χ4n) is 2.18. The van der Waals surface area contributed by atoms with Crippen molar-refractivity contribution < 1.29 is 5.11 Å². The molecule has 0 saturated heterocycles. The maximum atomic E-state index is 10.3. The summed E-state index contributed by atoms with van der Waals surface area (Å²) in [6, 6.07) is 0. The summed E-state index contributed by atoms with van der Waals surface area (Å²) < 4.78 is 0. The predicted octanol–water partition coefficient (Wildman–Crippen LogP) is 1.49. The van der Waals surface area contributed by atoms with E-state index in [1.54, 1.807) is 0 Å². The molecule has 2 nitrogen and oxygen atoms in total. The molecule has 1 aliphatic rings. The van der Waals surface area contributed by atoms with Gasteiger partial charge < -0.3 is 10.0 Å². The number of rotatable bonds is 2. The Bertz CT molecular complexity index is 147. The Balaban J connectivity index is 2.53.